The minimum absolute atomic E-state index is 0.148. The van der Waals surface area contributed by atoms with E-state index >= 15 is 0 Å². The average molecular weight is 361 g/mol. The summed E-state index contributed by atoms with van der Waals surface area (Å²) in [5.41, 5.74) is 2.59. The van der Waals surface area contributed by atoms with Gasteiger partial charge in [-0.2, -0.15) is 5.10 Å². The number of hydrogen-bond donors (Lipinski definition) is 0. The Bertz CT molecular complexity index is 848. The minimum Gasteiger partial charge on any atom is -0.342 e. The van der Waals surface area contributed by atoms with Crippen molar-refractivity contribution in [1.82, 2.24) is 4.90 Å². The number of ketones is 1. The van der Waals surface area contributed by atoms with E-state index in [0.29, 0.717) is 43.6 Å². The monoisotopic (exact) mass is 361 g/mol. The molecule has 2 aromatic carbocycles. The summed E-state index contributed by atoms with van der Waals surface area (Å²) in [7, 11) is 0. The zero-order valence-corrected chi connectivity index (χ0v) is 15.5. The Morgan fingerprint density at radius 3 is 2.00 bits per heavy atom. The molecule has 1 saturated heterocycles. The molecule has 1 amide bonds. The summed E-state index contributed by atoms with van der Waals surface area (Å²) in [6.45, 7) is 3.19. The Hall–Kier alpha value is -3.08. The number of rotatable bonds is 5. The number of benzene rings is 2. The van der Waals surface area contributed by atoms with Crippen LogP contribution in [0, 0.1) is 0 Å². The van der Waals surface area contributed by atoms with Gasteiger partial charge in [0.15, 0.2) is 0 Å². The molecule has 0 N–H and O–H groups in total. The summed E-state index contributed by atoms with van der Waals surface area (Å²) < 4.78 is 0. The Morgan fingerprint density at radius 1 is 0.889 bits per heavy atom. The molecule has 0 radical (unpaired) electrons. The molecule has 1 aliphatic rings. The SMILES string of the molecule is CCC(=O)N1CCC(=N/N=C(/C(=O)c2ccccc2)c2ccccc2)CC1. The minimum atomic E-state index is -0.148. The summed E-state index contributed by atoms with van der Waals surface area (Å²) in [5, 5.41) is 8.71. The molecule has 27 heavy (non-hydrogen) atoms. The van der Waals surface area contributed by atoms with Crippen LogP contribution in [0.15, 0.2) is 70.9 Å². The van der Waals surface area contributed by atoms with Crippen molar-refractivity contribution in [1.29, 1.82) is 0 Å². The largest absolute Gasteiger partial charge is 0.342 e. The van der Waals surface area contributed by atoms with Crippen molar-refractivity contribution in [3.05, 3.63) is 71.8 Å². The van der Waals surface area contributed by atoms with Crippen LogP contribution in [-0.2, 0) is 4.79 Å². The second-order valence-corrected chi connectivity index (χ2v) is 6.41. The number of amides is 1. The third-order valence-electron chi connectivity index (χ3n) is 4.59. The fourth-order valence-electron chi connectivity index (χ4n) is 3.02. The summed E-state index contributed by atoms with van der Waals surface area (Å²) in [5.74, 6) is 0.0199. The van der Waals surface area contributed by atoms with E-state index in [0.717, 1.165) is 11.3 Å². The lowest BCUT2D eigenvalue weighted by Crippen LogP contribution is -2.38. The van der Waals surface area contributed by atoms with Crippen LogP contribution >= 0.6 is 0 Å². The molecule has 0 aliphatic carbocycles. The number of piperidine rings is 1. The first-order valence-electron chi connectivity index (χ1n) is 9.25. The molecular formula is C22H23N3O2. The number of likely N-dealkylation sites (tertiary alicyclic amines) is 1. The Kier molecular flexibility index (Phi) is 6.26. The predicted molar refractivity (Wildman–Crippen MR) is 107 cm³/mol. The lowest BCUT2D eigenvalue weighted by molar-refractivity contribution is -0.130. The predicted octanol–water partition coefficient (Wildman–Crippen LogP) is 3.75. The van der Waals surface area contributed by atoms with E-state index in [4.69, 9.17) is 0 Å². The molecule has 1 heterocycles. The number of carbonyl (C=O) groups excluding carboxylic acids is 2. The van der Waals surface area contributed by atoms with Crippen LogP contribution < -0.4 is 0 Å². The fraction of sp³-hybridized carbons (Fsp3) is 0.273. The van der Waals surface area contributed by atoms with Gasteiger partial charge in [0.2, 0.25) is 11.7 Å². The standard InChI is InChI=1S/C22H23N3O2/c1-2-20(26)25-15-13-19(14-16-25)23-24-21(17-9-5-3-6-10-17)22(27)18-11-7-4-8-12-18/h3-12H,2,13-16H2,1H3/b24-21+. The van der Waals surface area contributed by atoms with Crippen LogP contribution in [0.4, 0.5) is 0 Å². The van der Waals surface area contributed by atoms with E-state index in [1.807, 2.05) is 60.4 Å². The maximum Gasteiger partial charge on any atom is 0.222 e. The van der Waals surface area contributed by atoms with Gasteiger partial charge in [0.05, 0.1) is 0 Å². The third kappa shape index (κ3) is 4.76. The summed E-state index contributed by atoms with van der Waals surface area (Å²) in [4.78, 5) is 26.6. The number of hydrogen-bond acceptors (Lipinski definition) is 4. The molecule has 0 aromatic heterocycles. The van der Waals surface area contributed by atoms with Crippen LogP contribution in [0.2, 0.25) is 0 Å². The molecule has 5 nitrogen and oxygen atoms in total. The second kappa shape index (κ2) is 9.03. The number of Topliss-reactive ketones (excluding diaryl/α,β-unsaturated/α-hetero) is 1. The summed E-state index contributed by atoms with van der Waals surface area (Å²) in [6.07, 6.45) is 1.90. The van der Waals surface area contributed by atoms with Crippen LogP contribution in [0.1, 0.15) is 42.1 Å². The van der Waals surface area contributed by atoms with Crippen LogP contribution in [0.3, 0.4) is 0 Å². The first-order valence-corrected chi connectivity index (χ1v) is 9.25. The molecular weight excluding hydrogens is 338 g/mol. The zero-order chi connectivity index (χ0) is 19.1. The smallest absolute Gasteiger partial charge is 0.222 e. The van der Waals surface area contributed by atoms with Crippen molar-refractivity contribution in [2.24, 2.45) is 10.2 Å². The van der Waals surface area contributed by atoms with Crippen molar-refractivity contribution in [3.63, 3.8) is 0 Å². The molecule has 2 aromatic rings. The van der Waals surface area contributed by atoms with Gasteiger partial charge >= 0.3 is 0 Å². The summed E-state index contributed by atoms with van der Waals surface area (Å²) >= 11 is 0. The van der Waals surface area contributed by atoms with Gasteiger partial charge < -0.3 is 4.90 Å². The van der Waals surface area contributed by atoms with Crippen molar-refractivity contribution in [2.75, 3.05) is 13.1 Å². The van der Waals surface area contributed by atoms with Crippen molar-refractivity contribution < 1.29 is 9.59 Å². The van der Waals surface area contributed by atoms with Gasteiger partial charge in [-0.3, -0.25) is 9.59 Å². The molecule has 138 valence electrons. The van der Waals surface area contributed by atoms with Crippen LogP contribution in [0.5, 0.6) is 0 Å². The Labute approximate surface area is 159 Å². The quantitative estimate of drug-likeness (QED) is 0.463. The van der Waals surface area contributed by atoms with Gasteiger partial charge in [0, 0.05) is 49.2 Å². The molecule has 3 rings (SSSR count). The van der Waals surface area contributed by atoms with Crippen LogP contribution in [0.25, 0.3) is 0 Å². The Morgan fingerprint density at radius 2 is 1.44 bits per heavy atom. The van der Waals surface area contributed by atoms with Crippen molar-refractivity contribution in [3.8, 4) is 0 Å². The highest BCUT2D eigenvalue weighted by atomic mass is 16.2. The van der Waals surface area contributed by atoms with E-state index in [1.165, 1.54) is 0 Å². The molecule has 0 saturated carbocycles. The topological polar surface area (TPSA) is 62.1 Å². The molecule has 0 spiro atoms. The molecule has 5 heteroatoms. The molecule has 1 aliphatic heterocycles. The van der Waals surface area contributed by atoms with Gasteiger partial charge in [-0.25, -0.2) is 0 Å². The van der Waals surface area contributed by atoms with Gasteiger partial charge in [-0.15, -0.1) is 5.10 Å². The second-order valence-electron chi connectivity index (χ2n) is 6.41. The number of carbonyl (C=O) groups is 2. The first kappa shape index (κ1) is 18.7. The lowest BCUT2D eigenvalue weighted by atomic mass is 10.0. The fourth-order valence-corrected chi connectivity index (χ4v) is 3.02. The first-order chi connectivity index (χ1) is 13.2. The number of nitrogens with zero attached hydrogens (tertiary/aromatic N) is 3. The maximum atomic E-state index is 12.9. The molecule has 0 atom stereocenters. The summed E-state index contributed by atoms with van der Waals surface area (Å²) in [6, 6.07) is 18.5. The lowest BCUT2D eigenvalue weighted by Gasteiger charge is -2.27. The van der Waals surface area contributed by atoms with Gasteiger partial charge in [-0.05, 0) is 0 Å². The van der Waals surface area contributed by atoms with E-state index in [2.05, 4.69) is 10.2 Å². The Balaban J connectivity index is 1.84. The average Bonchev–Trinajstić information content (AvgIpc) is 2.75. The van der Waals surface area contributed by atoms with E-state index in [9.17, 15) is 9.59 Å². The van der Waals surface area contributed by atoms with E-state index in [1.54, 1.807) is 12.1 Å². The van der Waals surface area contributed by atoms with Crippen LogP contribution in [-0.4, -0.2) is 41.1 Å². The van der Waals surface area contributed by atoms with Gasteiger partial charge in [0.1, 0.15) is 5.71 Å². The molecule has 1 fully saturated rings. The zero-order valence-electron chi connectivity index (χ0n) is 15.5. The van der Waals surface area contributed by atoms with Crippen molar-refractivity contribution >= 4 is 23.1 Å². The molecule has 0 unspecified atom stereocenters. The van der Waals surface area contributed by atoms with Gasteiger partial charge in [-0.1, -0.05) is 67.6 Å². The van der Waals surface area contributed by atoms with E-state index in [-0.39, 0.29) is 11.7 Å². The highest BCUT2D eigenvalue weighted by Crippen LogP contribution is 2.12. The normalized spacial score (nSPS) is 14.8. The highest BCUT2D eigenvalue weighted by molar-refractivity contribution is 6.51. The van der Waals surface area contributed by atoms with Crippen molar-refractivity contribution in [2.45, 2.75) is 26.2 Å². The van der Waals surface area contributed by atoms with Gasteiger partial charge in [0.25, 0.3) is 0 Å². The molecule has 0 bridgehead atoms. The maximum absolute atomic E-state index is 12.9. The van der Waals surface area contributed by atoms with E-state index < -0.39 is 0 Å². The highest BCUT2D eigenvalue weighted by Gasteiger charge is 2.19. The third-order valence-corrected chi connectivity index (χ3v) is 4.59.